The van der Waals surface area contributed by atoms with E-state index in [0.717, 1.165) is 44.5 Å². The summed E-state index contributed by atoms with van der Waals surface area (Å²) in [6.07, 6.45) is 5.68. The van der Waals surface area contributed by atoms with E-state index in [2.05, 4.69) is 32.2 Å². The predicted octanol–water partition coefficient (Wildman–Crippen LogP) is 2.97. The van der Waals surface area contributed by atoms with Crippen molar-refractivity contribution in [3.8, 4) is 5.75 Å². The number of hydrogen-bond acceptors (Lipinski definition) is 4. The number of guanidine groups is 1. The molecule has 2 heterocycles. The van der Waals surface area contributed by atoms with Crippen molar-refractivity contribution in [3.63, 3.8) is 0 Å². The van der Waals surface area contributed by atoms with Crippen LogP contribution >= 0.6 is 24.0 Å². The van der Waals surface area contributed by atoms with E-state index in [1.54, 1.807) is 7.11 Å². The first-order valence-electron chi connectivity index (χ1n) is 10.7. The molecule has 3 unspecified atom stereocenters. The van der Waals surface area contributed by atoms with E-state index in [0.29, 0.717) is 23.5 Å². The molecule has 0 bridgehead atoms. The van der Waals surface area contributed by atoms with Crippen LogP contribution in [0, 0.1) is 11.3 Å². The van der Waals surface area contributed by atoms with Gasteiger partial charge in [-0.1, -0.05) is 6.42 Å². The number of piperazine rings is 1. The molecule has 2 aliphatic heterocycles. The molecule has 2 saturated heterocycles. The highest BCUT2D eigenvalue weighted by molar-refractivity contribution is 14.0. The Labute approximate surface area is 191 Å². The number of ether oxygens (including phenoxy) is 2. The fourth-order valence-corrected chi connectivity index (χ4v) is 5.86. The maximum Gasteiger partial charge on any atom is 0.194 e. The lowest BCUT2D eigenvalue weighted by molar-refractivity contribution is -0.171. The van der Waals surface area contributed by atoms with Crippen LogP contribution in [0.1, 0.15) is 25.7 Å². The SMILES string of the molecule is CN=C(NC1C2CCOC2C12CCC2)N1CCN(c2ccc(OC)cc2)CC1.I. The topological polar surface area (TPSA) is 49.3 Å². The highest BCUT2D eigenvalue weighted by Gasteiger charge is 2.66. The molecule has 2 saturated carbocycles. The summed E-state index contributed by atoms with van der Waals surface area (Å²) in [5.74, 6) is 2.67. The molecule has 1 aromatic rings. The number of nitrogens with one attached hydrogen (secondary N) is 1. The number of rotatable bonds is 3. The van der Waals surface area contributed by atoms with Crippen LogP contribution in [0.4, 0.5) is 5.69 Å². The van der Waals surface area contributed by atoms with Crippen molar-refractivity contribution in [2.24, 2.45) is 16.3 Å². The third kappa shape index (κ3) is 3.48. The van der Waals surface area contributed by atoms with E-state index < -0.39 is 0 Å². The molecule has 160 valence electrons. The second kappa shape index (κ2) is 8.49. The number of benzene rings is 1. The van der Waals surface area contributed by atoms with Gasteiger partial charge in [-0.15, -0.1) is 24.0 Å². The van der Waals surface area contributed by atoms with Crippen LogP contribution in [-0.4, -0.2) is 69.9 Å². The normalized spacial score (nSPS) is 30.1. The molecule has 1 spiro atoms. The lowest BCUT2D eigenvalue weighted by atomic mass is 9.46. The lowest BCUT2D eigenvalue weighted by Crippen LogP contribution is -2.73. The molecule has 6 nitrogen and oxygen atoms in total. The zero-order chi connectivity index (χ0) is 19.1. The molecule has 0 radical (unpaired) electrons. The van der Waals surface area contributed by atoms with Gasteiger partial charge in [0.05, 0.1) is 13.2 Å². The first kappa shape index (κ1) is 21.0. The van der Waals surface area contributed by atoms with Crippen molar-refractivity contribution in [2.45, 2.75) is 37.8 Å². The molecule has 3 atom stereocenters. The van der Waals surface area contributed by atoms with Gasteiger partial charge in [0.15, 0.2) is 5.96 Å². The second-order valence-electron chi connectivity index (χ2n) is 8.67. The fraction of sp³-hybridized carbons (Fsp3) is 0.682. The summed E-state index contributed by atoms with van der Waals surface area (Å²) >= 11 is 0. The van der Waals surface area contributed by atoms with Gasteiger partial charge in [-0.3, -0.25) is 4.99 Å². The Bertz CT molecular complexity index is 729. The summed E-state index contributed by atoms with van der Waals surface area (Å²) in [7, 11) is 3.63. The molecule has 2 aliphatic carbocycles. The Kier molecular flexibility index (Phi) is 6.16. The van der Waals surface area contributed by atoms with Crippen molar-refractivity contribution < 1.29 is 9.47 Å². The molecule has 5 rings (SSSR count). The van der Waals surface area contributed by atoms with Crippen molar-refractivity contribution in [1.29, 1.82) is 0 Å². The Hall–Kier alpha value is -1.22. The minimum absolute atomic E-state index is 0. The largest absolute Gasteiger partial charge is 0.497 e. The van der Waals surface area contributed by atoms with Gasteiger partial charge in [-0.05, 0) is 43.5 Å². The smallest absolute Gasteiger partial charge is 0.194 e. The number of methoxy groups -OCH3 is 1. The van der Waals surface area contributed by atoms with Crippen LogP contribution < -0.4 is 15.0 Å². The number of hydrogen-bond donors (Lipinski definition) is 1. The van der Waals surface area contributed by atoms with Crippen molar-refractivity contribution in [3.05, 3.63) is 24.3 Å². The molecule has 4 aliphatic rings. The zero-order valence-corrected chi connectivity index (χ0v) is 19.8. The van der Waals surface area contributed by atoms with Gasteiger partial charge in [-0.25, -0.2) is 0 Å². The predicted molar refractivity (Wildman–Crippen MR) is 127 cm³/mol. The minimum Gasteiger partial charge on any atom is -0.497 e. The van der Waals surface area contributed by atoms with Gasteiger partial charge < -0.3 is 24.6 Å². The summed E-state index contributed by atoms with van der Waals surface area (Å²) in [5.41, 5.74) is 1.66. The van der Waals surface area contributed by atoms with E-state index in [-0.39, 0.29) is 24.0 Å². The van der Waals surface area contributed by atoms with Crippen LogP contribution in [0.2, 0.25) is 0 Å². The number of anilines is 1. The van der Waals surface area contributed by atoms with Gasteiger partial charge in [-0.2, -0.15) is 0 Å². The van der Waals surface area contributed by atoms with E-state index in [9.17, 15) is 0 Å². The summed E-state index contributed by atoms with van der Waals surface area (Å²) in [6, 6.07) is 8.92. The summed E-state index contributed by atoms with van der Waals surface area (Å²) in [5, 5.41) is 3.87. The summed E-state index contributed by atoms with van der Waals surface area (Å²) in [6.45, 7) is 4.95. The number of halogens is 1. The monoisotopic (exact) mass is 512 g/mol. The average Bonchev–Trinajstić information content (AvgIpc) is 3.13. The number of nitrogens with zero attached hydrogens (tertiary/aromatic N) is 3. The minimum atomic E-state index is 0. The maximum atomic E-state index is 6.07. The van der Waals surface area contributed by atoms with Crippen LogP contribution in [0.3, 0.4) is 0 Å². The van der Waals surface area contributed by atoms with E-state index >= 15 is 0 Å². The molecule has 0 amide bonds. The maximum absolute atomic E-state index is 6.07. The third-order valence-electron chi connectivity index (χ3n) is 7.55. The molecular formula is C22H33IN4O2. The second-order valence-corrected chi connectivity index (χ2v) is 8.67. The lowest BCUT2D eigenvalue weighted by Gasteiger charge is -2.63. The van der Waals surface area contributed by atoms with Crippen LogP contribution in [0.5, 0.6) is 5.75 Å². The highest BCUT2D eigenvalue weighted by Crippen LogP contribution is 2.62. The molecule has 29 heavy (non-hydrogen) atoms. The van der Waals surface area contributed by atoms with Crippen LogP contribution in [0.25, 0.3) is 0 Å². The van der Waals surface area contributed by atoms with Gasteiger partial charge in [0, 0.05) is 62.9 Å². The third-order valence-corrected chi connectivity index (χ3v) is 7.55. The Morgan fingerprint density at radius 2 is 1.90 bits per heavy atom. The van der Waals surface area contributed by atoms with Gasteiger partial charge in [0.25, 0.3) is 0 Å². The fourth-order valence-electron chi connectivity index (χ4n) is 5.86. The summed E-state index contributed by atoms with van der Waals surface area (Å²) in [4.78, 5) is 9.52. The van der Waals surface area contributed by atoms with Gasteiger partial charge in [0.1, 0.15) is 5.75 Å². The molecule has 1 N–H and O–H groups in total. The van der Waals surface area contributed by atoms with Crippen LogP contribution in [-0.2, 0) is 4.74 Å². The summed E-state index contributed by atoms with van der Waals surface area (Å²) < 4.78 is 11.3. The quantitative estimate of drug-likeness (QED) is 0.384. The van der Waals surface area contributed by atoms with Crippen molar-refractivity contribution in [1.82, 2.24) is 10.2 Å². The molecule has 7 heteroatoms. The zero-order valence-electron chi connectivity index (χ0n) is 17.5. The Morgan fingerprint density at radius 1 is 1.17 bits per heavy atom. The van der Waals surface area contributed by atoms with E-state index in [1.807, 2.05) is 19.2 Å². The molecule has 0 aromatic heterocycles. The van der Waals surface area contributed by atoms with Gasteiger partial charge in [0.2, 0.25) is 0 Å². The molecular weight excluding hydrogens is 479 g/mol. The highest BCUT2D eigenvalue weighted by atomic mass is 127. The standard InChI is InChI=1S/C22H32N4O2.HI/c1-23-21(24-19-18-8-15-28-20(18)22(19)9-3-10-22)26-13-11-25(12-14-26)16-4-6-17(27-2)7-5-16;/h4-7,18-20H,3,8-15H2,1-2H3,(H,23,24);1H. The first-order chi connectivity index (χ1) is 13.7. The van der Waals surface area contributed by atoms with Crippen molar-refractivity contribution >= 4 is 35.6 Å². The van der Waals surface area contributed by atoms with E-state index in [4.69, 9.17) is 9.47 Å². The molecule has 1 aromatic carbocycles. The Morgan fingerprint density at radius 3 is 2.48 bits per heavy atom. The van der Waals surface area contributed by atoms with Crippen LogP contribution in [0.15, 0.2) is 29.3 Å². The molecule has 4 fully saturated rings. The Balaban J connectivity index is 0.00000205. The first-order valence-corrected chi connectivity index (χ1v) is 10.7. The van der Waals surface area contributed by atoms with Crippen molar-refractivity contribution in [2.75, 3.05) is 51.8 Å². The number of fused-ring (bicyclic) bond motifs is 2. The number of aliphatic imine (C=N–C) groups is 1. The van der Waals surface area contributed by atoms with Gasteiger partial charge >= 0.3 is 0 Å². The van der Waals surface area contributed by atoms with E-state index in [1.165, 1.54) is 31.4 Å². The average molecular weight is 512 g/mol.